The van der Waals surface area contributed by atoms with E-state index in [1.807, 2.05) is 0 Å². The van der Waals surface area contributed by atoms with Crippen LogP contribution in [0, 0.1) is 6.92 Å². The Morgan fingerprint density at radius 1 is 1.15 bits per heavy atom. The van der Waals surface area contributed by atoms with E-state index < -0.39 is 0 Å². The van der Waals surface area contributed by atoms with Crippen LogP contribution in [0.1, 0.15) is 51.0 Å². The van der Waals surface area contributed by atoms with E-state index >= 15 is 0 Å². The number of rotatable bonds is 5. The summed E-state index contributed by atoms with van der Waals surface area (Å²) in [6.07, 6.45) is 3.55. The first kappa shape index (κ1) is 17.2. The average Bonchev–Trinajstić information content (AvgIpc) is 2.74. The molecule has 2 rings (SSSR count). The molecule has 0 aliphatic heterocycles. The first-order valence-electron chi connectivity index (χ1n) is 7.28. The van der Waals surface area contributed by atoms with Crippen LogP contribution < -0.4 is 0 Å². The van der Waals surface area contributed by atoms with Crippen molar-refractivity contribution in [1.82, 2.24) is 9.78 Å². The van der Waals surface area contributed by atoms with Gasteiger partial charge in [-0.25, -0.2) is 0 Å². The van der Waals surface area contributed by atoms with Crippen LogP contribution in [0.3, 0.4) is 0 Å². The molecule has 0 fully saturated rings. The summed E-state index contributed by atoms with van der Waals surface area (Å²) in [5, 5.41) is 4.76. The molecule has 1 aromatic heterocycles. The van der Waals surface area contributed by atoms with Crippen LogP contribution in [-0.2, 0) is 27.5 Å². The number of aromatic nitrogens is 2. The van der Waals surface area contributed by atoms with E-state index in [1.54, 1.807) is 0 Å². The Morgan fingerprint density at radius 2 is 1.80 bits per heavy atom. The van der Waals surface area contributed by atoms with Gasteiger partial charge in [-0.05, 0) is 39.2 Å². The first-order valence-corrected chi connectivity index (χ1v) is 7.28. The molecule has 0 N–H and O–H groups in total. The van der Waals surface area contributed by atoms with Gasteiger partial charge in [0.05, 0.1) is 5.69 Å². The SMILES string of the molecule is CCCCc1c(-c2ccccc2)c(C)nn1C(C)C.[Pt]. The topological polar surface area (TPSA) is 17.8 Å². The average molecular weight is 451 g/mol. The van der Waals surface area contributed by atoms with Gasteiger partial charge in [0.15, 0.2) is 0 Å². The van der Waals surface area contributed by atoms with Crippen LogP contribution in [0.15, 0.2) is 30.3 Å². The van der Waals surface area contributed by atoms with Gasteiger partial charge in [0.1, 0.15) is 0 Å². The van der Waals surface area contributed by atoms with Gasteiger partial charge >= 0.3 is 0 Å². The van der Waals surface area contributed by atoms with Crippen molar-refractivity contribution in [3.8, 4) is 11.1 Å². The molecule has 3 heteroatoms. The number of aryl methyl sites for hydroxylation is 1. The smallest absolute Gasteiger partial charge is 0.0675 e. The van der Waals surface area contributed by atoms with Gasteiger partial charge in [-0.15, -0.1) is 0 Å². The Labute approximate surface area is 136 Å². The van der Waals surface area contributed by atoms with Crippen molar-refractivity contribution in [1.29, 1.82) is 0 Å². The van der Waals surface area contributed by atoms with E-state index in [2.05, 4.69) is 62.7 Å². The molecule has 0 amide bonds. The summed E-state index contributed by atoms with van der Waals surface area (Å²) in [4.78, 5) is 0. The molecule has 1 heterocycles. The molecule has 0 unspecified atom stereocenters. The van der Waals surface area contributed by atoms with Gasteiger partial charge in [-0.3, -0.25) is 4.68 Å². The second-order valence-corrected chi connectivity index (χ2v) is 5.42. The minimum absolute atomic E-state index is 0. The zero-order valence-corrected chi connectivity index (χ0v) is 15.1. The fraction of sp³-hybridized carbons (Fsp3) is 0.471. The maximum Gasteiger partial charge on any atom is 0.0675 e. The Kier molecular flexibility index (Phi) is 6.68. The standard InChI is InChI=1S/C17H24N2.Pt/c1-5-6-12-16-17(15-10-8-7-9-11-15)14(4)18-19(16)13(2)3;/h7-11,13H,5-6,12H2,1-4H3;. The summed E-state index contributed by atoms with van der Waals surface area (Å²) in [5.74, 6) is 0. The number of hydrogen-bond acceptors (Lipinski definition) is 1. The molecular formula is C17H24N2Pt. The maximum atomic E-state index is 4.76. The Bertz CT molecular complexity index is 529. The van der Waals surface area contributed by atoms with Crippen LogP contribution in [0.2, 0.25) is 0 Å². The minimum atomic E-state index is 0. The second-order valence-electron chi connectivity index (χ2n) is 5.42. The molecule has 0 atom stereocenters. The third-order valence-corrected chi connectivity index (χ3v) is 3.50. The third-order valence-electron chi connectivity index (χ3n) is 3.50. The summed E-state index contributed by atoms with van der Waals surface area (Å²) in [7, 11) is 0. The van der Waals surface area contributed by atoms with Crippen LogP contribution in [0.25, 0.3) is 11.1 Å². The van der Waals surface area contributed by atoms with Gasteiger partial charge in [0.25, 0.3) is 0 Å². The first-order chi connectivity index (χ1) is 9.15. The summed E-state index contributed by atoms with van der Waals surface area (Å²) in [6, 6.07) is 11.1. The van der Waals surface area contributed by atoms with Gasteiger partial charge in [-0.1, -0.05) is 43.7 Å². The van der Waals surface area contributed by atoms with Crippen LogP contribution in [-0.4, -0.2) is 9.78 Å². The maximum absolute atomic E-state index is 4.76. The molecule has 0 aliphatic carbocycles. The van der Waals surface area contributed by atoms with Crippen LogP contribution in [0.4, 0.5) is 0 Å². The van der Waals surface area contributed by atoms with E-state index in [0.717, 1.165) is 12.1 Å². The van der Waals surface area contributed by atoms with Crippen molar-refractivity contribution in [2.24, 2.45) is 0 Å². The zero-order valence-electron chi connectivity index (χ0n) is 12.8. The van der Waals surface area contributed by atoms with Crippen molar-refractivity contribution >= 4 is 0 Å². The summed E-state index contributed by atoms with van der Waals surface area (Å²) >= 11 is 0. The second kappa shape index (κ2) is 7.78. The Hall–Kier alpha value is -0.882. The number of benzene rings is 1. The monoisotopic (exact) mass is 451 g/mol. The molecule has 0 radical (unpaired) electrons. The molecule has 0 saturated carbocycles. The Balaban J connectivity index is 0.00000200. The third kappa shape index (κ3) is 3.61. The summed E-state index contributed by atoms with van der Waals surface area (Å²) < 4.78 is 2.20. The van der Waals surface area contributed by atoms with Gasteiger partial charge in [-0.2, -0.15) is 5.10 Å². The molecule has 20 heavy (non-hydrogen) atoms. The molecule has 2 aromatic rings. The normalized spacial score (nSPS) is 10.7. The van der Waals surface area contributed by atoms with E-state index in [-0.39, 0.29) is 21.1 Å². The molecule has 2 nitrogen and oxygen atoms in total. The molecule has 112 valence electrons. The summed E-state index contributed by atoms with van der Waals surface area (Å²) in [5.41, 5.74) is 5.16. The van der Waals surface area contributed by atoms with Crippen molar-refractivity contribution in [3.63, 3.8) is 0 Å². The zero-order chi connectivity index (χ0) is 13.8. The van der Waals surface area contributed by atoms with Gasteiger partial charge < -0.3 is 0 Å². The van der Waals surface area contributed by atoms with Crippen molar-refractivity contribution in [2.75, 3.05) is 0 Å². The van der Waals surface area contributed by atoms with Gasteiger partial charge in [0, 0.05) is 38.4 Å². The van der Waals surface area contributed by atoms with E-state index in [9.17, 15) is 0 Å². The largest absolute Gasteiger partial charge is 0.266 e. The van der Waals surface area contributed by atoms with E-state index in [4.69, 9.17) is 5.10 Å². The number of unbranched alkanes of at least 4 members (excludes halogenated alkanes) is 1. The molecule has 0 saturated heterocycles. The van der Waals surface area contributed by atoms with Gasteiger partial charge in [0.2, 0.25) is 0 Å². The molecule has 1 aromatic carbocycles. The van der Waals surface area contributed by atoms with E-state index in [0.29, 0.717) is 6.04 Å². The van der Waals surface area contributed by atoms with Crippen molar-refractivity contribution < 1.29 is 21.1 Å². The van der Waals surface area contributed by atoms with Crippen LogP contribution >= 0.6 is 0 Å². The van der Waals surface area contributed by atoms with Crippen molar-refractivity contribution in [2.45, 2.75) is 53.0 Å². The Morgan fingerprint density at radius 3 is 2.35 bits per heavy atom. The minimum Gasteiger partial charge on any atom is -0.266 e. The molecule has 0 aliphatic rings. The van der Waals surface area contributed by atoms with Crippen LogP contribution in [0.5, 0.6) is 0 Å². The fourth-order valence-corrected chi connectivity index (χ4v) is 2.59. The quantitative estimate of drug-likeness (QED) is 0.640. The predicted octanol–water partition coefficient (Wildman–Crippen LogP) is 4.78. The summed E-state index contributed by atoms with van der Waals surface area (Å²) in [6.45, 7) is 8.77. The molecular weight excluding hydrogens is 427 g/mol. The van der Waals surface area contributed by atoms with E-state index in [1.165, 1.54) is 29.7 Å². The molecule has 0 bridgehead atoms. The molecule has 0 spiro atoms. The van der Waals surface area contributed by atoms with Crippen molar-refractivity contribution in [3.05, 3.63) is 41.7 Å². The fourth-order valence-electron chi connectivity index (χ4n) is 2.59. The number of hydrogen-bond donors (Lipinski definition) is 0. The number of nitrogens with zero attached hydrogens (tertiary/aromatic N) is 2. The predicted molar refractivity (Wildman–Crippen MR) is 81.4 cm³/mol.